The summed E-state index contributed by atoms with van der Waals surface area (Å²) in [6.07, 6.45) is 5.49. The Kier molecular flexibility index (Phi) is 5.36. The molecule has 0 aromatic heterocycles. The van der Waals surface area contributed by atoms with Crippen LogP contribution in [0.1, 0.15) is 45.9 Å². The second-order valence-electron chi connectivity index (χ2n) is 8.76. The summed E-state index contributed by atoms with van der Waals surface area (Å²) in [5, 5.41) is 0. The Morgan fingerprint density at radius 3 is 2.45 bits per heavy atom. The van der Waals surface area contributed by atoms with Crippen LogP contribution < -0.4 is 4.90 Å². The van der Waals surface area contributed by atoms with Gasteiger partial charge in [-0.2, -0.15) is 0 Å². The molecule has 2 heterocycles. The standard InChI is InChI=1S/C26H29N3O2/c1-2-11-27-12-14-28(15-13-27)25(30)18-24-22-16-19-7-6-8-20(19)17-23(22)26(31)29(24)21-9-4-3-5-10-21/h2-5,9-10,16-17,24H,1,6-8,11-15,18H2. The van der Waals surface area contributed by atoms with E-state index < -0.39 is 0 Å². The van der Waals surface area contributed by atoms with Crippen molar-refractivity contribution in [3.05, 3.63) is 77.4 Å². The van der Waals surface area contributed by atoms with Gasteiger partial charge in [0.05, 0.1) is 12.5 Å². The smallest absolute Gasteiger partial charge is 0.259 e. The van der Waals surface area contributed by atoms with E-state index in [0.29, 0.717) is 6.42 Å². The van der Waals surface area contributed by atoms with Crippen molar-refractivity contribution in [2.45, 2.75) is 31.7 Å². The van der Waals surface area contributed by atoms with Gasteiger partial charge in [0, 0.05) is 44.0 Å². The van der Waals surface area contributed by atoms with Crippen molar-refractivity contribution in [1.29, 1.82) is 0 Å². The number of aryl methyl sites for hydroxylation is 2. The number of fused-ring (bicyclic) bond motifs is 2. The number of benzene rings is 2. The first-order valence-corrected chi connectivity index (χ1v) is 11.3. The van der Waals surface area contributed by atoms with Gasteiger partial charge in [0.2, 0.25) is 5.91 Å². The number of piperazine rings is 1. The van der Waals surface area contributed by atoms with Crippen molar-refractivity contribution in [3.8, 4) is 0 Å². The Labute approximate surface area is 183 Å². The highest BCUT2D eigenvalue weighted by molar-refractivity contribution is 6.11. The molecule has 5 heteroatoms. The third kappa shape index (κ3) is 3.68. The molecule has 2 aromatic rings. The van der Waals surface area contributed by atoms with Crippen LogP contribution in [0.4, 0.5) is 5.69 Å². The fourth-order valence-electron chi connectivity index (χ4n) is 5.26. The van der Waals surface area contributed by atoms with Gasteiger partial charge in [0.25, 0.3) is 5.91 Å². The number of rotatable bonds is 5. The lowest BCUT2D eigenvalue weighted by atomic mass is 9.96. The highest BCUT2D eigenvalue weighted by atomic mass is 16.2. The van der Waals surface area contributed by atoms with Gasteiger partial charge in [-0.05, 0) is 54.2 Å². The topological polar surface area (TPSA) is 43.9 Å². The Hall–Kier alpha value is -2.92. The van der Waals surface area contributed by atoms with Crippen LogP contribution in [0.15, 0.2) is 55.1 Å². The second kappa shape index (κ2) is 8.31. The van der Waals surface area contributed by atoms with Gasteiger partial charge in [-0.1, -0.05) is 30.3 Å². The zero-order valence-electron chi connectivity index (χ0n) is 17.9. The predicted octanol–water partition coefficient (Wildman–Crippen LogP) is 3.60. The number of carbonyl (C=O) groups is 2. The van der Waals surface area contributed by atoms with E-state index in [4.69, 9.17) is 0 Å². The average molecular weight is 416 g/mol. The highest BCUT2D eigenvalue weighted by Crippen LogP contribution is 2.42. The first-order chi connectivity index (χ1) is 15.2. The summed E-state index contributed by atoms with van der Waals surface area (Å²) in [6, 6.07) is 13.8. The first kappa shape index (κ1) is 20.0. The van der Waals surface area contributed by atoms with Gasteiger partial charge in [0.1, 0.15) is 0 Å². The van der Waals surface area contributed by atoms with Crippen LogP contribution in [0, 0.1) is 0 Å². The quantitative estimate of drug-likeness (QED) is 0.701. The Bertz CT molecular complexity index is 1010. The number of carbonyl (C=O) groups excluding carboxylic acids is 2. The summed E-state index contributed by atoms with van der Waals surface area (Å²) in [5.41, 5.74) is 5.30. The monoisotopic (exact) mass is 415 g/mol. The molecule has 1 saturated heterocycles. The zero-order chi connectivity index (χ0) is 21.4. The summed E-state index contributed by atoms with van der Waals surface area (Å²) < 4.78 is 0. The first-order valence-electron chi connectivity index (χ1n) is 11.3. The van der Waals surface area contributed by atoms with E-state index in [2.05, 4.69) is 23.6 Å². The molecule has 1 aliphatic carbocycles. The van der Waals surface area contributed by atoms with Gasteiger partial charge in [-0.25, -0.2) is 0 Å². The van der Waals surface area contributed by atoms with Crippen molar-refractivity contribution in [2.75, 3.05) is 37.6 Å². The largest absolute Gasteiger partial charge is 0.340 e. The molecule has 160 valence electrons. The Balaban J connectivity index is 1.43. The van der Waals surface area contributed by atoms with Gasteiger partial charge in [-0.15, -0.1) is 6.58 Å². The minimum Gasteiger partial charge on any atom is -0.340 e. The fraction of sp³-hybridized carbons (Fsp3) is 0.385. The van der Waals surface area contributed by atoms with Crippen LogP contribution in [0.25, 0.3) is 0 Å². The molecule has 1 unspecified atom stereocenters. The van der Waals surface area contributed by atoms with Crippen molar-refractivity contribution in [2.24, 2.45) is 0 Å². The molecular formula is C26H29N3O2. The zero-order valence-corrected chi connectivity index (χ0v) is 17.9. The molecule has 5 rings (SSSR count). The Morgan fingerprint density at radius 1 is 1.03 bits per heavy atom. The molecule has 2 aliphatic heterocycles. The SMILES string of the molecule is C=CCN1CCN(C(=O)CC2c3cc4c(cc3C(=O)N2c2ccccc2)CCC4)CC1. The molecule has 0 spiro atoms. The number of hydrogen-bond donors (Lipinski definition) is 0. The third-order valence-corrected chi connectivity index (χ3v) is 6.90. The minimum absolute atomic E-state index is 0.0181. The maximum atomic E-state index is 13.5. The Morgan fingerprint density at radius 2 is 1.74 bits per heavy atom. The van der Waals surface area contributed by atoms with Gasteiger partial charge < -0.3 is 9.80 Å². The molecule has 1 fully saturated rings. The molecule has 3 aliphatic rings. The molecule has 2 amide bonds. The number of para-hydroxylation sites is 1. The van der Waals surface area contributed by atoms with E-state index in [1.807, 2.05) is 46.2 Å². The lowest BCUT2D eigenvalue weighted by Crippen LogP contribution is -2.49. The third-order valence-electron chi connectivity index (χ3n) is 6.90. The molecule has 2 aromatic carbocycles. The minimum atomic E-state index is -0.241. The van der Waals surface area contributed by atoms with Crippen LogP contribution in [0.5, 0.6) is 0 Å². The van der Waals surface area contributed by atoms with E-state index in [0.717, 1.165) is 68.8 Å². The van der Waals surface area contributed by atoms with Crippen LogP contribution in [0.3, 0.4) is 0 Å². The highest BCUT2D eigenvalue weighted by Gasteiger charge is 2.40. The lowest BCUT2D eigenvalue weighted by Gasteiger charge is -2.35. The van der Waals surface area contributed by atoms with Crippen LogP contribution >= 0.6 is 0 Å². The van der Waals surface area contributed by atoms with E-state index in [1.165, 1.54) is 11.1 Å². The van der Waals surface area contributed by atoms with Crippen LogP contribution in [0.2, 0.25) is 0 Å². The summed E-state index contributed by atoms with van der Waals surface area (Å²) >= 11 is 0. The average Bonchev–Trinajstić information content (AvgIpc) is 3.36. The summed E-state index contributed by atoms with van der Waals surface area (Å²) in [4.78, 5) is 32.9. The van der Waals surface area contributed by atoms with Crippen molar-refractivity contribution >= 4 is 17.5 Å². The summed E-state index contributed by atoms with van der Waals surface area (Å²) in [6.45, 7) is 7.87. The van der Waals surface area contributed by atoms with Crippen LogP contribution in [-0.2, 0) is 17.6 Å². The van der Waals surface area contributed by atoms with E-state index >= 15 is 0 Å². The summed E-state index contributed by atoms with van der Waals surface area (Å²) in [5.74, 6) is 0.148. The maximum absolute atomic E-state index is 13.5. The number of anilines is 1. The molecular weight excluding hydrogens is 386 g/mol. The molecule has 0 saturated carbocycles. The predicted molar refractivity (Wildman–Crippen MR) is 122 cm³/mol. The van der Waals surface area contributed by atoms with Gasteiger partial charge in [-0.3, -0.25) is 14.5 Å². The number of amides is 2. The normalized spacial score (nSPS) is 20.6. The van der Waals surface area contributed by atoms with E-state index in [9.17, 15) is 9.59 Å². The molecule has 0 radical (unpaired) electrons. The molecule has 0 bridgehead atoms. The van der Waals surface area contributed by atoms with Crippen molar-refractivity contribution in [1.82, 2.24) is 9.80 Å². The van der Waals surface area contributed by atoms with Crippen LogP contribution in [-0.4, -0.2) is 54.3 Å². The molecule has 5 nitrogen and oxygen atoms in total. The maximum Gasteiger partial charge on any atom is 0.259 e. The number of hydrogen-bond acceptors (Lipinski definition) is 3. The molecule has 0 N–H and O–H groups in total. The summed E-state index contributed by atoms with van der Waals surface area (Å²) in [7, 11) is 0. The van der Waals surface area contributed by atoms with Crippen molar-refractivity contribution in [3.63, 3.8) is 0 Å². The lowest BCUT2D eigenvalue weighted by molar-refractivity contribution is -0.133. The van der Waals surface area contributed by atoms with E-state index in [-0.39, 0.29) is 17.9 Å². The van der Waals surface area contributed by atoms with Crippen molar-refractivity contribution < 1.29 is 9.59 Å². The van der Waals surface area contributed by atoms with Gasteiger partial charge in [0.15, 0.2) is 0 Å². The second-order valence-corrected chi connectivity index (χ2v) is 8.76. The van der Waals surface area contributed by atoms with E-state index in [1.54, 1.807) is 0 Å². The van der Waals surface area contributed by atoms with Gasteiger partial charge >= 0.3 is 0 Å². The number of nitrogens with zero attached hydrogens (tertiary/aromatic N) is 3. The molecule has 1 atom stereocenters. The fourth-order valence-corrected chi connectivity index (χ4v) is 5.26. The molecule has 31 heavy (non-hydrogen) atoms.